The van der Waals surface area contributed by atoms with Gasteiger partial charge in [0.1, 0.15) is 23.5 Å². The zero-order chi connectivity index (χ0) is 52.1. The van der Waals surface area contributed by atoms with Crippen molar-refractivity contribution in [3.63, 3.8) is 0 Å². The third-order valence-electron chi connectivity index (χ3n) is 13.5. The molecule has 392 valence electrons. The number of carbonyl (C=O) groups excluding carboxylic acids is 5. The number of anilines is 4. The van der Waals surface area contributed by atoms with E-state index in [-0.39, 0.29) is 46.7 Å². The molecular weight excluding hydrogens is 955 g/mol. The van der Waals surface area contributed by atoms with E-state index in [2.05, 4.69) is 38.1 Å². The van der Waals surface area contributed by atoms with Crippen LogP contribution in [-0.4, -0.2) is 136 Å². The number of hydrogen-bond donors (Lipinski definition) is 7. The molecule has 1 unspecified atom stereocenters. The van der Waals surface area contributed by atoms with Gasteiger partial charge in [0.05, 0.1) is 36.5 Å². The molecule has 4 aromatic carbocycles. The lowest BCUT2D eigenvalue weighted by atomic mass is 10.0. The summed E-state index contributed by atoms with van der Waals surface area (Å²) in [5.41, 5.74) is 11.5. The summed E-state index contributed by atoms with van der Waals surface area (Å²) < 4.78 is 44.7. The molecule has 1 atom stereocenters. The fourth-order valence-electron chi connectivity index (χ4n) is 9.47. The van der Waals surface area contributed by atoms with Gasteiger partial charge in [0, 0.05) is 105 Å². The number of nitrogen functional groups attached to an aromatic ring is 1. The highest BCUT2D eigenvalue weighted by molar-refractivity contribution is 6.23. The molecule has 0 radical (unpaired) electrons. The Hall–Kier alpha value is -7.42. The number of amides is 6. The van der Waals surface area contributed by atoms with Gasteiger partial charge >= 0.3 is 6.03 Å². The van der Waals surface area contributed by atoms with Crippen LogP contribution in [0.4, 0.5) is 36.3 Å². The first-order chi connectivity index (χ1) is 35.8. The maximum Gasteiger partial charge on any atom is 0.317 e. The van der Waals surface area contributed by atoms with Crippen molar-refractivity contribution in [3.8, 4) is 0 Å². The number of piperazine rings is 1. The van der Waals surface area contributed by atoms with E-state index in [9.17, 15) is 32.8 Å². The number of piperidine rings is 1. The van der Waals surface area contributed by atoms with E-state index in [1.165, 1.54) is 12.1 Å². The summed E-state index contributed by atoms with van der Waals surface area (Å²) in [7, 11) is 0. The van der Waals surface area contributed by atoms with Crippen LogP contribution in [0.1, 0.15) is 92.7 Å². The second-order valence-corrected chi connectivity index (χ2v) is 18.8. The van der Waals surface area contributed by atoms with Gasteiger partial charge in [-0.25, -0.2) is 13.6 Å². The predicted molar refractivity (Wildman–Crippen MR) is 277 cm³/mol. The quantitative estimate of drug-likeness (QED) is 0.0167. The van der Waals surface area contributed by atoms with Crippen LogP contribution in [0.15, 0.2) is 85.1 Å². The normalized spacial score (nSPS) is 17.0. The average molecular weight is 1020 g/mol. The van der Waals surface area contributed by atoms with Crippen LogP contribution in [0.25, 0.3) is 0 Å². The van der Waals surface area contributed by atoms with Crippen LogP contribution in [0, 0.1) is 17.0 Å². The Kier molecular flexibility index (Phi) is 17.9. The largest absolute Gasteiger partial charge is 0.398 e. The van der Waals surface area contributed by atoms with Gasteiger partial charge in [-0.2, -0.15) is 0 Å². The molecule has 20 heteroatoms. The SMILES string of the molecule is C=C1CCC(N2C(=O)c3ccc(NCCOCCOCCCCCNC(=O)N4CCN(c5ccc(C(=O)NC(=N)c6cc(Cc7cc(F)cc(F)c7)ccc6N)c(NC6CCOCC6)c5)CC4)cc3C2=O)C(=O)N1. The Labute approximate surface area is 428 Å². The van der Waals surface area contributed by atoms with Crippen LogP contribution < -0.4 is 37.2 Å². The summed E-state index contributed by atoms with van der Waals surface area (Å²) in [5.74, 6) is -3.43. The molecule has 0 saturated carbocycles. The zero-order valence-electron chi connectivity index (χ0n) is 41.4. The van der Waals surface area contributed by atoms with E-state index < -0.39 is 41.3 Å². The molecule has 8 N–H and O–H groups in total. The maximum atomic E-state index is 13.9. The molecule has 3 fully saturated rings. The van der Waals surface area contributed by atoms with Gasteiger partial charge in [-0.1, -0.05) is 12.6 Å². The molecule has 6 amide bonds. The number of rotatable bonds is 21. The van der Waals surface area contributed by atoms with E-state index >= 15 is 0 Å². The highest BCUT2D eigenvalue weighted by Crippen LogP contribution is 2.31. The van der Waals surface area contributed by atoms with Crippen LogP contribution in [0.3, 0.4) is 0 Å². The Morgan fingerprint density at radius 2 is 1.53 bits per heavy atom. The van der Waals surface area contributed by atoms with Gasteiger partial charge in [0.2, 0.25) is 5.91 Å². The first kappa shape index (κ1) is 52.9. The summed E-state index contributed by atoms with van der Waals surface area (Å²) in [5, 5.41) is 23.9. The van der Waals surface area contributed by atoms with E-state index in [4.69, 9.17) is 25.4 Å². The van der Waals surface area contributed by atoms with Crippen LogP contribution in [0.5, 0.6) is 0 Å². The van der Waals surface area contributed by atoms with Gasteiger partial charge < -0.3 is 56.3 Å². The molecule has 74 heavy (non-hydrogen) atoms. The molecule has 4 heterocycles. The Morgan fingerprint density at radius 3 is 2.28 bits per heavy atom. The lowest BCUT2D eigenvalue weighted by Gasteiger charge is -2.36. The fraction of sp³-hybridized carbons (Fsp3) is 0.407. The van der Waals surface area contributed by atoms with Gasteiger partial charge in [0.25, 0.3) is 17.7 Å². The molecule has 0 bridgehead atoms. The number of nitrogens with two attached hydrogens (primary N) is 1. The van der Waals surface area contributed by atoms with E-state index in [1.807, 2.05) is 12.1 Å². The number of imide groups is 1. The summed E-state index contributed by atoms with van der Waals surface area (Å²) in [6.45, 7) is 10.0. The van der Waals surface area contributed by atoms with Crippen molar-refractivity contribution in [3.05, 3.63) is 130 Å². The topological polar surface area (TPSA) is 233 Å². The van der Waals surface area contributed by atoms with Gasteiger partial charge in [0.15, 0.2) is 0 Å². The third-order valence-corrected chi connectivity index (χ3v) is 13.5. The number of ether oxygens (including phenoxy) is 3. The number of hydrogen-bond acceptors (Lipinski definition) is 13. The smallest absolute Gasteiger partial charge is 0.317 e. The third kappa shape index (κ3) is 13.6. The molecule has 4 aliphatic heterocycles. The molecular formula is C54H64F2N10O8. The minimum absolute atomic E-state index is 0.0738. The number of amidine groups is 1. The number of urea groups is 1. The number of allylic oxidation sites excluding steroid dienone is 1. The molecule has 4 aromatic rings. The second-order valence-electron chi connectivity index (χ2n) is 18.8. The maximum absolute atomic E-state index is 13.9. The number of nitrogens with zero attached hydrogens (tertiary/aromatic N) is 3. The first-order valence-corrected chi connectivity index (χ1v) is 25.2. The van der Waals surface area contributed by atoms with Crippen molar-refractivity contribution in [2.24, 2.45) is 0 Å². The lowest BCUT2D eigenvalue weighted by molar-refractivity contribution is -0.125. The van der Waals surface area contributed by atoms with Crippen molar-refractivity contribution in [1.82, 2.24) is 25.8 Å². The minimum atomic E-state index is -0.855. The molecule has 0 spiro atoms. The number of nitrogens with one attached hydrogen (secondary N) is 6. The molecule has 0 aliphatic carbocycles. The van der Waals surface area contributed by atoms with Crippen LogP contribution in [-0.2, 0) is 25.4 Å². The Balaban J connectivity index is 0.708. The summed E-state index contributed by atoms with van der Waals surface area (Å²) in [6, 6.07) is 17.9. The van der Waals surface area contributed by atoms with E-state index in [0.717, 1.165) is 48.8 Å². The monoisotopic (exact) mass is 1020 g/mol. The Bertz CT molecular complexity index is 2720. The van der Waals surface area contributed by atoms with Gasteiger partial charge in [-0.05, 0) is 123 Å². The number of fused-ring (bicyclic) bond motifs is 1. The van der Waals surface area contributed by atoms with Crippen LogP contribution >= 0.6 is 0 Å². The van der Waals surface area contributed by atoms with Crippen molar-refractivity contribution in [2.75, 3.05) is 100 Å². The van der Waals surface area contributed by atoms with Crippen molar-refractivity contribution >= 4 is 58.2 Å². The number of halogens is 2. The summed E-state index contributed by atoms with van der Waals surface area (Å²) >= 11 is 0. The van der Waals surface area contributed by atoms with Crippen molar-refractivity contribution in [1.29, 1.82) is 5.41 Å². The molecule has 18 nitrogen and oxygen atoms in total. The number of unbranched alkanes of at least 4 members (excludes halogenated alkanes) is 2. The number of benzene rings is 4. The zero-order valence-corrected chi connectivity index (χ0v) is 41.4. The molecule has 3 saturated heterocycles. The first-order valence-electron chi connectivity index (χ1n) is 25.2. The van der Waals surface area contributed by atoms with E-state index in [0.29, 0.717) is 126 Å². The van der Waals surface area contributed by atoms with Gasteiger partial charge in [-0.3, -0.25) is 29.5 Å². The minimum Gasteiger partial charge on any atom is -0.398 e. The summed E-state index contributed by atoms with van der Waals surface area (Å²) in [6.07, 6.45) is 5.11. The second kappa shape index (κ2) is 25.0. The average Bonchev–Trinajstić information content (AvgIpc) is 3.63. The molecule has 0 aromatic heterocycles. The predicted octanol–water partition coefficient (Wildman–Crippen LogP) is 6.02. The van der Waals surface area contributed by atoms with Crippen molar-refractivity contribution in [2.45, 2.75) is 63.5 Å². The highest BCUT2D eigenvalue weighted by atomic mass is 19.1. The molecule has 8 rings (SSSR count). The van der Waals surface area contributed by atoms with E-state index in [1.54, 1.807) is 47.4 Å². The summed E-state index contributed by atoms with van der Waals surface area (Å²) in [4.78, 5) is 70.6. The highest BCUT2D eigenvalue weighted by Gasteiger charge is 2.44. The number of carbonyl (C=O) groups is 5. The Morgan fingerprint density at radius 1 is 0.784 bits per heavy atom. The van der Waals surface area contributed by atoms with Gasteiger partial charge in [-0.15, -0.1) is 0 Å². The molecule has 4 aliphatic rings. The lowest BCUT2D eigenvalue weighted by Crippen LogP contribution is -2.52. The van der Waals surface area contributed by atoms with Crippen molar-refractivity contribution < 1.29 is 47.0 Å². The standard InChI is InChI=1S/C54H64F2N10O8/c1-34-5-12-48(51(68)61-34)66-52(69)42-9-7-40(32-44(42)53(66)70)59-16-24-74-26-25-72-21-4-2-3-15-60-54(71)65-19-17-64(18-20-65)41-8-10-43(47(33-41)62-39-13-22-73-23-14-39)50(67)63-49(58)45-30-35(6-11-46(45)57)27-36-28-37(55)31-38(56)29-36/h6-11,28-33,39,48,59,62H,1-5,12-27,57H2,(H,60,71)(H,61,68)(H2,58,63,67). The fourth-order valence-corrected chi connectivity index (χ4v) is 9.47. The van der Waals surface area contributed by atoms with Crippen LogP contribution in [0.2, 0.25) is 0 Å².